The summed E-state index contributed by atoms with van der Waals surface area (Å²) >= 11 is 3.17. The fourth-order valence-electron chi connectivity index (χ4n) is 4.06. The van der Waals surface area contributed by atoms with E-state index < -0.39 is 0 Å². The van der Waals surface area contributed by atoms with E-state index in [1.807, 2.05) is 53.4 Å². The fraction of sp³-hybridized carbons (Fsp3) is 0.400. The molecule has 0 aliphatic heterocycles. The summed E-state index contributed by atoms with van der Waals surface area (Å²) in [4.78, 5) is 33.7. The van der Waals surface area contributed by atoms with Crippen LogP contribution in [0.4, 0.5) is 0 Å². The first-order chi connectivity index (χ1) is 18.9. The highest BCUT2D eigenvalue weighted by atomic mass is 32.2. The number of aryl methyl sites for hydroxylation is 1. The first kappa shape index (κ1) is 30.5. The summed E-state index contributed by atoms with van der Waals surface area (Å²) < 4.78 is 16.0. The van der Waals surface area contributed by atoms with Crippen LogP contribution in [0.25, 0.3) is 0 Å². The Morgan fingerprint density at radius 2 is 1.64 bits per heavy atom. The second-order valence-electron chi connectivity index (χ2n) is 9.03. The average molecular weight is 571 g/mol. The van der Waals surface area contributed by atoms with Crippen molar-refractivity contribution in [2.45, 2.75) is 31.2 Å². The molecule has 0 spiro atoms. The second kappa shape index (κ2) is 16.2. The smallest absolute Gasteiger partial charge is 0.242 e. The molecule has 0 saturated heterocycles. The fourth-order valence-corrected chi connectivity index (χ4v) is 5.79. The minimum atomic E-state index is -0.0722. The Hall–Kier alpha value is -3.01. The second-order valence-corrected chi connectivity index (χ2v) is 11.5. The average Bonchev–Trinajstić information content (AvgIpc) is 3.38. The van der Waals surface area contributed by atoms with E-state index in [-0.39, 0.29) is 24.1 Å². The summed E-state index contributed by atoms with van der Waals surface area (Å²) in [6, 6.07) is 19.8. The highest BCUT2D eigenvalue weighted by Gasteiger charge is 2.22. The van der Waals surface area contributed by atoms with Crippen molar-refractivity contribution in [2.75, 3.05) is 53.3 Å². The third-order valence-electron chi connectivity index (χ3n) is 6.17. The standard InChI is InChI=1S/C30H38N2O5S2/c1-23-11-13-26(39-23)20-32(17-15-24-12-14-27(36-3)28(19-24)37-4)29(33)21-31(16-8-18-35-2)30(34)22-38-25-9-6-5-7-10-25/h5-7,9-14,19H,8,15-18,20-22H2,1-4H3. The van der Waals surface area contributed by atoms with Crippen LogP contribution in [0.2, 0.25) is 0 Å². The number of rotatable bonds is 16. The molecule has 9 heteroatoms. The van der Waals surface area contributed by atoms with Crippen molar-refractivity contribution in [3.05, 3.63) is 76.0 Å². The molecule has 0 saturated carbocycles. The van der Waals surface area contributed by atoms with Crippen molar-refractivity contribution in [3.8, 4) is 11.5 Å². The van der Waals surface area contributed by atoms with E-state index in [0.717, 1.165) is 15.3 Å². The maximum Gasteiger partial charge on any atom is 0.242 e. The van der Waals surface area contributed by atoms with Crippen LogP contribution in [0.5, 0.6) is 11.5 Å². The molecule has 0 unspecified atom stereocenters. The quantitative estimate of drug-likeness (QED) is 0.172. The van der Waals surface area contributed by atoms with Crippen LogP contribution in [0.3, 0.4) is 0 Å². The molecule has 0 bridgehead atoms. The van der Waals surface area contributed by atoms with Gasteiger partial charge in [-0.05, 0) is 61.7 Å². The van der Waals surface area contributed by atoms with Gasteiger partial charge in [-0.25, -0.2) is 0 Å². The molecule has 7 nitrogen and oxygen atoms in total. The van der Waals surface area contributed by atoms with Gasteiger partial charge in [0.25, 0.3) is 0 Å². The molecule has 1 aromatic heterocycles. The SMILES string of the molecule is COCCCN(CC(=O)N(CCc1ccc(OC)c(OC)c1)Cc1ccc(C)s1)C(=O)CSc1ccccc1. The summed E-state index contributed by atoms with van der Waals surface area (Å²) in [5.74, 6) is 1.48. The lowest BCUT2D eigenvalue weighted by Crippen LogP contribution is -2.44. The summed E-state index contributed by atoms with van der Waals surface area (Å²) in [5.41, 5.74) is 1.04. The van der Waals surface area contributed by atoms with Gasteiger partial charge in [0.15, 0.2) is 11.5 Å². The number of hydrogen-bond donors (Lipinski definition) is 0. The molecule has 210 valence electrons. The van der Waals surface area contributed by atoms with Crippen molar-refractivity contribution in [3.63, 3.8) is 0 Å². The Labute approximate surface area is 240 Å². The summed E-state index contributed by atoms with van der Waals surface area (Å²) in [7, 11) is 4.86. The largest absolute Gasteiger partial charge is 0.493 e. The lowest BCUT2D eigenvalue weighted by molar-refractivity contribution is -0.139. The molecular weight excluding hydrogens is 532 g/mol. The van der Waals surface area contributed by atoms with E-state index in [1.54, 1.807) is 37.6 Å². The zero-order chi connectivity index (χ0) is 28.0. The van der Waals surface area contributed by atoms with Crippen molar-refractivity contribution >= 4 is 34.9 Å². The van der Waals surface area contributed by atoms with E-state index in [9.17, 15) is 9.59 Å². The third-order valence-corrected chi connectivity index (χ3v) is 8.16. The van der Waals surface area contributed by atoms with E-state index >= 15 is 0 Å². The van der Waals surface area contributed by atoms with Crippen LogP contribution in [0.15, 0.2) is 65.6 Å². The maximum absolute atomic E-state index is 13.7. The van der Waals surface area contributed by atoms with Gasteiger partial charge in [0, 0.05) is 41.5 Å². The van der Waals surface area contributed by atoms with E-state index in [2.05, 4.69) is 19.1 Å². The van der Waals surface area contributed by atoms with Crippen LogP contribution in [0.1, 0.15) is 21.7 Å². The Morgan fingerprint density at radius 1 is 0.872 bits per heavy atom. The number of carbonyl (C=O) groups is 2. The molecule has 1 heterocycles. The van der Waals surface area contributed by atoms with Gasteiger partial charge in [-0.2, -0.15) is 0 Å². The Morgan fingerprint density at radius 3 is 2.31 bits per heavy atom. The minimum Gasteiger partial charge on any atom is -0.493 e. The van der Waals surface area contributed by atoms with Gasteiger partial charge in [0.05, 0.1) is 33.1 Å². The van der Waals surface area contributed by atoms with Gasteiger partial charge in [-0.3, -0.25) is 9.59 Å². The van der Waals surface area contributed by atoms with Gasteiger partial charge in [0.1, 0.15) is 0 Å². The molecule has 0 aliphatic rings. The van der Waals surface area contributed by atoms with Gasteiger partial charge < -0.3 is 24.0 Å². The predicted octanol–water partition coefficient (Wildman–Crippen LogP) is 5.30. The van der Waals surface area contributed by atoms with Crippen LogP contribution in [-0.2, 0) is 27.3 Å². The van der Waals surface area contributed by atoms with Crippen LogP contribution < -0.4 is 9.47 Å². The van der Waals surface area contributed by atoms with E-state index in [4.69, 9.17) is 14.2 Å². The molecule has 3 aromatic rings. The molecule has 2 aromatic carbocycles. The van der Waals surface area contributed by atoms with E-state index in [0.29, 0.717) is 50.6 Å². The zero-order valence-corrected chi connectivity index (χ0v) is 24.8. The summed E-state index contributed by atoms with van der Waals surface area (Å²) in [6.45, 7) is 4.11. The van der Waals surface area contributed by atoms with Gasteiger partial charge >= 0.3 is 0 Å². The first-order valence-corrected chi connectivity index (χ1v) is 14.7. The number of carbonyl (C=O) groups excluding carboxylic acids is 2. The number of benzene rings is 2. The minimum absolute atomic E-state index is 0.0359. The van der Waals surface area contributed by atoms with Crippen molar-refractivity contribution in [1.82, 2.24) is 9.80 Å². The molecule has 3 rings (SSSR count). The number of methoxy groups -OCH3 is 3. The van der Waals surface area contributed by atoms with Crippen LogP contribution in [0, 0.1) is 6.92 Å². The van der Waals surface area contributed by atoms with E-state index in [1.165, 1.54) is 16.6 Å². The van der Waals surface area contributed by atoms with Crippen molar-refractivity contribution in [1.29, 1.82) is 0 Å². The number of thioether (sulfide) groups is 1. The lowest BCUT2D eigenvalue weighted by atomic mass is 10.1. The van der Waals surface area contributed by atoms with Gasteiger partial charge in [-0.1, -0.05) is 24.3 Å². The zero-order valence-electron chi connectivity index (χ0n) is 23.2. The summed E-state index contributed by atoms with van der Waals surface area (Å²) in [5, 5.41) is 0. The molecule has 0 aliphatic carbocycles. The van der Waals surface area contributed by atoms with Gasteiger partial charge in [0.2, 0.25) is 11.8 Å². The number of thiophene rings is 1. The topological polar surface area (TPSA) is 68.3 Å². The Bertz CT molecular complexity index is 1190. The normalized spacial score (nSPS) is 10.8. The van der Waals surface area contributed by atoms with Crippen molar-refractivity contribution < 1.29 is 23.8 Å². The molecule has 0 atom stereocenters. The molecule has 0 radical (unpaired) electrons. The molecule has 0 N–H and O–H groups in total. The Balaban J connectivity index is 1.72. The first-order valence-electron chi connectivity index (χ1n) is 12.9. The number of nitrogens with zero attached hydrogens (tertiary/aromatic N) is 2. The molecule has 39 heavy (non-hydrogen) atoms. The molecule has 0 fully saturated rings. The highest BCUT2D eigenvalue weighted by Crippen LogP contribution is 2.28. The lowest BCUT2D eigenvalue weighted by Gasteiger charge is -2.28. The number of amides is 2. The monoisotopic (exact) mass is 570 g/mol. The molecular formula is C30H38N2O5S2. The van der Waals surface area contributed by atoms with Crippen molar-refractivity contribution in [2.24, 2.45) is 0 Å². The number of ether oxygens (including phenoxy) is 3. The molecule has 2 amide bonds. The van der Waals surface area contributed by atoms with Crippen LogP contribution in [-0.4, -0.2) is 74.9 Å². The third kappa shape index (κ3) is 9.91. The van der Waals surface area contributed by atoms with Crippen LogP contribution >= 0.6 is 23.1 Å². The maximum atomic E-state index is 13.7. The van der Waals surface area contributed by atoms with Gasteiger partial charge in [-0.15, -0.1) is 23.1 Å². The predicted molar refractivity (Wildman–Crippen MR) is 158 cm³/mol. The summed E-state index contributed by atoms with van der Waals surface area (Å²) in [6.07, 6.45) is 1.32. The highest BCUT2D eigenvalue weighted by molar-refractivity contribution is 8.00. The number of hydrogen-bond acceptors (Lipinski definition) is 7. The Kier molecular flexibility index (Phi) is 12.7.